The number of unbranched alkanes of at least 4 members (excludes halogenated alkanes) is 2. The van der Waals surface area contributed by atoms with Gasteiger partial charge in [-0.1, -0.05) is 160 Å². The van der Waals surface area contributed by atoms with Crippen molar-refractivity contribution in [3.63, 3.8) is 0 Å². The number of ketones is 2. The summed E-state index contributed by atoms with van der Waals surface area (Å²) in [5.41, 5.74) is 1.07. The fraction of sp³-hybridized carbons (Fsp3) is 0.471. The molecule has 0 aromatic heterocycles. The first kappa shape index (κ1) is 36.5. The summed E-state index contributed by atoms with van der Waals surface area (Å²) in [7, 11) is 0. The molecular formula is C34H38O2S10. The number of allylic oxidation sites excluding steroid dienone is 2. The van der Waals surface area contributed by atoms with E-state index in [-0.39, 0.29) is 11.6 Å². The first-order valence-electron chi connectivity index (χ1n) is 16.0. The SMILES string of the molecule is CCCCC(CC)CSC1=C(SCC(CC)CCCC)SC(=C2SC3=C(S2)SC(=C2Sc4cc5c(cc4S2)C(=O)C=CC5=O)S3)S1. The Bertz CT molecular complexity index is 1450. The average molecular weight is 799 g/mol. The van der Waals surface area contributed by atoms with Gasteiger partial charge < -0.3 is 0 Å². The van der Waals surface area contributed by atoms with E-state index >= 15 is 0 Å². The van der Waals surface area contributed by atoms with Crippen LogP contribution in [-0.2, 0) is 0 Å². The van der Waals surface area contributed by atoms with Crippen LogP contribution >= 0.6 is 118 Å². The summed E-state index contributed by atoms with van der Waals surface area (Å²) in [6, 6.07) is 3.84. The summed E-state index contributed by atoms with van der Waals surface area (Å²) in [5.74, 6) is 3.92. The monoisotopic (exact) mass is 798 g/mol. The van der Waals surface area contributed by atoms with Crippen molar-refractivity contribution in [1.29, 1.82) is 0 Å². The Hall–Kier alpha value is 0.760. The second-order valence-corrected chi connectivity index (χ2v) is 23.8. The molecule has 46 heavy (non-hydrogen) atoms. The van der Waals surface area contributed by atoms with Gasteiger partial charge in [0.1, 0.15) is 0 Å². The van der Waals surface area contributed by atoms with Gasteiger partial charge in [-0.25, -0.2) is 0 Å². The minimum Gasteiger partial charge on any atom is -0.289 e. The topological polar surface area (TPSA) is 34.1 Å². The van der Waals surface area contributed by atoms with Gasteiger partial charge in [0.25, 0.3) is 0 Å². The molecule has 0 fully saturated rings. The van der Waals surface area contributed by atoms with E-state index in [1.807, 2.05) is 82.7 Å². The summed E-state index contributed by atoms with van der Waals surface area (Å²) >= 11 is 19.5. The van der Waals surface area contributed by atoms with Gasteiger partial charge in [-0.3, -0.25) is 9.59 Å². The zero-order valence-corrected chi connectivity index (χ0v) is 34.6. The molecule has 6 rings (SSSR count). The lowest BCUT2D eigenvalue weighted by atomic mass is 9.95. The van der Waals surface area contributed by atoms with Crippen LogP contribution in [-0.4, -0.2) is 23.1 Å². The molecule has 4 aliphatic heterocycles. The minimum atomic E-state index is -0.0775. The van der Waals surface area contributed by atoms with E-state index in [1.165, 1.54) is 100 Å². The minimum absolute atomic E-state index is 0.0775. The molecule has 0 saturated heterocycles. The lowest BCUT2D eigenvalue weighted by molar-refractivity contribution is 0.0993. The molecule has 0 spiro atoms. The predicted molar refractivity (Wildman–Crippen MR) is 221 cm³/mol. The van der Waals surface area contributed by atoms with Gasteiger partial charge in [0.05, 0.1) is 33.9 Å². The molecule has 2 unspecified atom stereocenters. The highest BCUT2D eigenvalue weighted by Gasteiger charge is 2.37. The molecule has 1 aliphatic carbocycles. The lowest BCUT2D eigenvalue weighted by Gasteiger charge is -2.16. The first-order chi connectivity index (χ1) is 22.4. The standard InChI is InChI=1S/C34H38O2S10/c1-5-9-11-19(7-3)17-37-27-28(38-18-20(8-4)12-10-6-2)42-31(41-27)32-45-33-34(46-32)44-30(43-33)29-39-25-15-21-22(16-26(25)40-29)24(36)14-13-23(21)35/h13-16,19-20H,5-12,17-18H2,1-4H3. The Balaban J connectivity index is 1.11. The van der Waals surface area contributed by atoms with E-state index in [2.05, 4.69) is 51.2 Å². The maximum Gasteiger partial charge on any atom is 0.186 e. The number of hydrogen-bond acceptors (Lipinski definition) is 12. The van der Waals surface area contributed by atoms with Crippen LogP contribution in [0.3, 0.4) is 0 Å². The Labute approximate surface area is 317 Å². The molecule has 2 nitrogen and oxygen atoms in total. The second kappa shape index (κ2) is 17.3. The highest BCUT2D eigenvalue weighted by Crippen LogP contribution is 2.73. The van der Waals surface area contributed by atoms with Gasteiger partial charge in [-0.05, 0) is 49.0 Å². The average Bonchev–Trinajstić information content (AvgIpc) is 3.84. The fourth-order valence-electron chi connectivity index (χ4n) is 5.23. The Morgan fingerprint density at radius 3 is 1.28 bits per heavy atom. The van der Waals surface area contributed by atoms with Crippen molar-refractivity contribution >= 4 is 129 Å². The Kier molecular flexibility index (Phi) is 13.8. The number of carbonyl (C=O) groups is 2. The molecule has 5 aliphatic rings. The van der Waals surface area contributed by atoms with Crippen LogP contribution in [0.4, 0.5) is 0 Å². The van der Waals surface area contributed by atoms with Crippen molar-refractivity contribution < 1.29 is 9.59 Å². The van der Waals surface area contributed by atoms with Crippen LogP contribution in [0.5, 0.6) is 0 Å². The van der Waals surface area contributed by atoms with E-state index in [4.69, 9.17) is 0 Å². The molecule has 246 valence electrons. The Morgan fingerprint density at radius 1 is 0.543 bits per heavy atom. The third-order valence-corrected chi connectivity index (χ3v) is 23.4. The number of carbonyl (C=O) groups excluding carboxylic acids is 2. The number of benzene rings is 1. The molecule has 4 heterocycles. The smallest absolute Gasteiger partial charge is 0.186 e. The number of thioether (sulfide) groups is 10. The predicted octanol–water partition coefficient (Wildman–Crippen LogP) is 14.7. The molecule has 2 atom stereocenters. The van der Waals surface area contributed by atoms with Crippen molar-refractivity contribution in [2.24, 2.45) is 11.8 Å². The van der Waals surface area contributed by atoms with Crippen molar-refractivity contribution in [2.75, 3.05) is 11.5 Å². The maximum absolute atomic E-state index is 12.4. The summed E-state index contributed by atoms with van der Waals surface area (Å²) in [6.45, 7) is 9.34. The zero-order chi connectivity index (χ0) is 32.2. The van der Waals surface area contributed by atoms with Crippen molar-refractivity contribution in [2.45, 2.75) is 88.9 Å². The van der Waals surface area contributed by atoms with Gasteiger partial charge in [-0.2, -0.15) is 0 Å². The molecule has 0 N–H and O–H groups in total. The maximum atomic E-state index is 12.4. The highest BCUT2D eigenvalue weighted by molar-refractivity contribution is 8.50. The van der Waals surface area contributed by atoms with Crippen molar-refractivity contribution in [1.82, 2.24) is 0 Å². The molecule has 0 saturated carbocycles. The molecule has 0 amide bonds. The number of hydrogen-bond donors (Lipinski definition) is 0. The second-order valence-electron chi connectivity index (χ2n) is 11.5. The van der Waals surface area contributed by atoms with Crippen LogP contribution in [0.25, 0.3) is 0 Å². The zero-order valence-electron chi connectivity index (χ0n) is 26.4. The normalized spacial score (nSPS) is 20.4. The van der Waals surface area contributed by atoms with Crippen LogP contribution in [0.1, 0.15) is 99.8 Å². The first-order valence-corrected chi connectivity index (χ1v) is 24.5. The van der Waals surface area contributed by atoms with E-state index in [9.17, 15) is 9.59 Å². The van der Waals surface area contributed by atoms with Gasteiger partial charge in [0.15, 0.2) is 11.6 Å². The number of fused-ring (bicyclic) bond motifs is 2. The molecule has 12 heteroatoms. The third-order valence-electron chi connectivity index (χ3n) is 8.17. The van der Waals surface area contributed by atoms with Gasteiger partial charge in [0.2, 0.25) is 0 Å². The summed E-state index contributed by atoms with van der Waals surface area (Å²) in [6.07, 6.45) is 13.3. The quantitative estimate of drug-likeness (QED) is 0.180. The van der Waals surface area contributed by atoms with E-state index in [0.717, 1.165) is 21.6 Å². The summed E-state index contributed by atoms with van der Waals surface area (Å²) in [5, 5.41) is 0. The fourth-order valence-corrected chi connectivity index (χ4v) is 21.1. The highest BCUT2D eigenvalue weighted by atomic mass is 32.3. The Morgan fingerprint density at radius 2 is 0.913 bits per heavy atom. The molecule has 0 radical (unpaired) electrons. The van der Waals surface area contributed by atoms with Crippen molar-refractivity contribution in [3.05, 3.63) is 69.3 Å². The van der Waals surface area contributed by atoms with E-state index in [0.29, 0.717) is 11.1 Å². The van der Waals surface area contributed by atoms with E-state index in [1.54, 1.807) is 32.0 Å². The van der Waals surface area contributed by atoms with Crippen LogP contribution in [0.15, 0.2) is 68.0 Å². The largest absolute Gasteiger partial charge is 0.289 e. The molecule has 1 aromatic carbocycles. The molecule has 0 bridgehead atoms. The van der Waals surface area contributed by atoms with Crippen LogP contribution in [0.2, 0.25) is 0 Å². The van der Waals surface area contributed by atoms with E-state index < -0.39 is 0 Å². The summed E-state index contributed by atoms with van der Waals surface area (Å²) in [4.78, 5) is 27.0. The number of rotatable bonds is 14. The molecular weight excluding hydrogens is 761 g/mol. The third kappa shape index (κ3) is 8.61. The van der Waals surface area contributed by atoms with Gasteiger partial charge in [0, 0.05) is 32.4 Å². The van der Waals surface area contributed by atoms with Crippen LogP contribution in [0, 0.1) is 11.8 Å². The molecule has 1 aromatic rings. The van der Waals surface area contributed by atoms with Gasteiger partial charge >= 0.3 is 0 Å². The van der Waals surface area contributed by atoms with Gasteiger partial charge in [-0.15, -0.1) is 23.5 Å². The lowest BCUT2D eigenvalue weighted by Crippen LogP contribution is -2.11. The summed E-state index contributed by atoms with van der Waals surface area (Å²) < 4.78 is 11.4. The van der Waals surface area contributed by atoms with Crippen molar-refractivity contribution in [3.8, 4) is 0 Å². The van der Waals surface area contributed by atoms with Crippen LogP contribution < -0.4 is 0 Å².